The summed E-state index contributed by atoms with van der Waals surface area (Å²) in [4.78, 5) is 16.8. The van der Waals surface area contributed by atoms with Gasteiger partial charge in [-0.1, -0.05) is 18.2 Å². The van der Waals surface area contributed by atoms with Crippen molar-refractivity contribution in [2.24, 2.45) is 11.8 Å². The Morgan fingerprint density at radius 1 is 1.00 bits per heavy atom. The monoisotopic (exact) mass is 330 g/mol. The van der Waals surface area contributed by atoms with Gasteiger partial charge in [0.1, 0.15) is 5.75 Å². The van der Waals surface area contributed by atoms with Gasteiger partial charge in [-0.15, -0.1) is 0 Å². The molecule has 24 heavy (non-hydrogen) atoms. The molecule has 0 radical (unpaired) electrons. The molecule has 2 aliphatic carbocycles. The number of hydrogen-bond acceptors (Lipinski definition) is 3. The Morgan fingerprint density at radius 2 is 1.58 bits per heavy atom. The van der Waals surface area contributed by atoms with Crippen LogP contribution in [0.1, 0.15) is 32.1 Å². The van der Waals surface area contributed by atoms with E-state index in [1.54, 1.807) is 0 Å². The molecule has 0 aliphatic heterocycles. The molecule has 0 aromatic heterocycles. The number of para-hydroxylation sites is 1. The van der Waals surface area contributed by atoms with Crippen LogP contribution in [0.3, 0.4) is 0 Å². The Balaban J connectivity index is 1.42. The first kappa shape index (κ1) is 17.3. The molecule has 1 amide bonds. The Bertz CT molecular complexity index is 532. The molecule has 0 spiro atoms. The van der Waals surface area contributed by atoms with Gasteiger partial charge in [0.15, 0.2) is 0 Å². The van der Waals surface area contributed by atoms with Crippen LogP contribution in [0.15, 0.2) is 30.3 Å². The fraction of sp³-hybridized carbons (Fsp3) is 0.650. The molecule has 0 saturated heterocycles. The summed E-state index contributed by atoms with van der Waals surface area (Å²) in [5, 5.41) is 0. The van der Waals surface area contributed by atoms with E-state index in [9.17, 15) is 4.79 Å². The van der Waals surface area contributed by atoms with Crippen molar-refractivity contribution in [1.82, 2.24) is 9.80 Å². The van der Waals surface area contributed by atoms with Crippen LogP contribution in [0.4, 0.5) is 0 Å². The number of ether oxygens (including phenoxy) is 1. The highest BCUT2D eigenvalue weighted by Gasteiger charge is 2.43. The highest BCUT2D eigenvalue weighted by molar-refractivity contribution is 5.76. The maximum atomic E-state index is 12.5. The standard InChI is InChI=1S/C20H30N2O2/c1-21(2)17-11-15-13-18(14-16(15)12-17)22(3)20(23)9-10-24-19-7-5-4-6-8-19/h4-8,15-18H,9-14H2,1-3H3/t15-,16+,17?,18?. The average molecular weight is 330 g/mol. The van der Waals surface area contributed by atoms with E-state index in [1.807, 2.05) is 42.3 Å². The maximum Gasteiger partial charge on any atom is 0.225 e. The number of benzene rings is 1. The molecule has 0 N–H and O–H groups in total. The van der Waals surface area contributed by atoms with Crippen molar-refractivity contribution in [2.45, 2.75) is 44.2 Å². The fourth-order valence-corrected chi connectivity index (χ4v) is 4.44. The lowest BCUT2D eigenvalue weighted by Gasteiger charge is -2.27. The summed E-state index contributed by atoms with van der Waals surface area (Å²) >= 11 is 0. The average Bonchev–Trinajstić information content (AvgIpc) is 3.14. The zero-order valence-corrected chi connectivity index (χ0v) is 15.1. The number of hydrogen-bond donors (Lipinski definition) is 0. The van der Waals surface area contributed by atoms with Crippen LogP contribution >= 0.6 is 0 Å². The molecule has 0 bridgehead atoms. The summed E-state index contributed by atoms with van der Waals surface area (Å²) in [7, 11) is 6.34. The van der Waals surface area contributed by atoms with E-state index < -0.39 is 0 Å². The second kappa shape index (κ2) is 7.56. The Labute approximate surface area is 145 Å². The molecule has 2 saturated carbocycles. The molecule has 2 aliphatic rings. The largest absolute Gasteiger partial charge is 0.493 e. The molecule has 4 atom stereocenters. The molecule has 4 nitrogen and oxygen atoms in total. The van der Waals surface area contributed by atoms with Crippen molar-refractivity contribution in [2.75, 3.05) is 27.7 Å². The van der Waals surface area contributed by atoms with Crippen LogP contribution in [-0.2, 0) is 4.79 Å². The van der Waals surface area contributed by atoms with Crippen molar-refractivity contribution in [3.05, 3.63) is 30.3 Å². The van der Waals surface area contributed by atoms with Gasteiger partial charge in [0.2, 0.25) is 5.91 Å². The second-order valence-corrected chi connectivity index (χ2v) is 7.65. The summed E-state index contributed by atoms with van der Waals surface area (Å²) in [6, 6.07) is 10.9. The van der Waals surface area contributed by atoms with Crippen molar-refractivity contribution < 1.29 is 9.53 Å². The van der Waals surface area contributed by atoms with Crippen molar-refractivity contribution >= 4 is 5.91 Å². The van der Waals surface area contributed by atoms with Gasteiger partial charge in [-0.3, -0.25) is 4.79 Å². The lowest BCUT2D eigenvalue weighted by molar-refractivity contribution is -0.132. The topological polar surface area (TPSA) is 32.8 Å². The zero-order valence-electron chi connectivity index (χ0n) is 15.1. The molecule has 3 rings (SSSR count). The molecule has 2 unspecified atom stereocenters. The zero-order chi connectivity index (χ0) is 17.1. The molecule has 2 fully saturated rings. The van der Waals surface area contributed by atoms with Gasteiger partial charge >= 0.3 is 0 Å². The van der Waals surface area contributed by atoms with E-state index in [-0.39, 0.29) is 5.91 Å². The lowest BCUT2D eigenvalue weighted by atomic mass is 10.0. The number of carbonyl (C=O) groups is 1. The van der Waals surface area contributed by atoms with E-state index in [4.69, 9.17) is 4.74 Å². The van der Waals surface area contributed by atoms with Crippen LogP contribution in [0.2, 0.25) is 0 Å². The first-order chi connectivity index (χ1) is 11.5. The van der Waals surface area contributed by atoms with E-state index in [0.29, 0.717) is 19.1 Å². The summed E-state index contributed by atoms with van der Waals surface area (Å²) in [6.07, 6.45) is 5.41. The second-order valence-electron chi connectivity index (χ2n) is 7.65. The molecule has 132 valence electrons. The van der Waals surface area contributed by atoms with Gasteiger partial charge in [0, 0.05) is 19.1 Å². The number of rotatable bonds is 6. The van der Waals surface area contributed by atoms with Crippen LogP contribution in [-0.4, -0.2) is 55.5 Å². The third kappa shape index (κ3) is 3.92. The third-order valence-corrected chi connectivity index (χ3v) is 5.97. The van der Waals surface area contributed by atoms with Gasteiger partial charge in [-0.2, -0.15) is 0 Å². The number of fused-ring (bicyclic) bond motifs is 1. The minimum absolute atomic E-state index is 0.208. The summed E-state index contributed by atoms with van der Waals surface area (Å²) < 4.78 is 5.65. The minimum atomic E-state index is 0.208. The SMILES string of the molecule is CN(C)C1C[C@@H]2CC(N(C)C(=O)CCOc3ccccc3)C[C@@H]2C1. The predicted octanol–water partition coefficient (Wildman–Crippen LogP) is 3.03. The van der Waals surface area contributed by atoms with Gasteiger partial charge in [-0.25, -0.2) is 0 Å². The molecule has 1 aromatic rings. The first-order valence-electron chi connectivity index (χ1n) is 9.14. The Kier molecular flexibility index (Phi) is 5.44. The highest BCUT2D eigenvalue weighted by atomic mass is 16.5. The number of nitrogens with zero attached hydrogens (tertiary/aromatic N) is 2. The molecule has 0 heterocycles. The first-order valence-corrected chi connectivity index (χ1v) is 9.14. The quantitative estimate of drug-likeness (QED) is 0.804. The van der Waals surface area contributed by atoms with Crippen molar-refractivity contribution in [3.63, 3.8) is 0 Å². The maximum absolute atomic E-state index is 12.5. The van der Waals surface area contributed by atoms with Gasteiger partial charge in [0.05, 0.1) is 13.0 Å². The summed E-state index contributed by atoms with van der Waals surface area (Å²) in [5.74, 6) is 2.65. The van der Waals surface area contributed by atoms with Crippen molar-refractivity contribution in [1.29, 1.82) is 0 Å². The highest BCUT2D eigenvalue weighted by Crippen LogP contribution is 2.46. The van der Waals surface area contributed by atoms with E-state index >= 15 is 0 Å². The van der Waals surface area contributed by atoms with Crippen LogP contribution in [0.5, 0.6) is 5.75 Å². The van der Waals surface area contributed by atoms with Gasteiger partial charge < -0.3 is 14.5 Å². The predicted molar refractivity (Wildman–Crippen MR) is 96.0 cm³/mol. The van der Waals surface area contributed by atoms with Crippen LogP contribution in [0.25, 0.3) is 0 Å². The minimum Gasteiger partial charge on any atom is -0.493 e. The molecular formula is C20H30N2O2. The van der Waals surface area contributed by atoms with Crippen LogP contribution < -0.4 is 4.74 Å². The lowest BCUT2D eigenvalue weighted by Crippen LogP contribution is -2.37. The van der Waals surface area contributed by atoms with E-state index in [2.05, 4.69) is 19.0 Å². The van der Waals surface area contributed by atoms with Gasteiger partial charge in [-0.05, 0) is 63.7 Å². The number of carbonyl (C=O) groups excluding carboxylic acids is 1. The molecule has 1 aromatic carbocycles. The third-order valence-electron chi connectivity index (χ3n) is 5.97. The summed E-state index contributed by atoms with van der Waals surface area (Å²) in [6.45, 7) is 0.454. The molecular weight excluding hydrogens is 300 g/mol. The Morgan fingerprint density at radius 3 is 2.17 bits per heavy atom. The smallest absolute Gasteiger partial charge is 0.225 e. The van der Waals surface area contributed by atoms with Crippen LogP contribution in [0, 0.1) is 11.8 Å². The van der Waals surface area contributed by atoms with Crippen molar-refractivity contribution in [3.8, 4) is 5.75 Å². The van der Waals surface area contributed by atoms with Gasteiger partial charge in [0.25, 0.3) is 0 Å². The summed E-state index contributed by atoms with van der Waals surface area (Å²) in [5.41, 5.74) is 0. The van der Waals surface area contributed by atoms with E-state index in [1.165, 1.54) is 25.7 Å². The normalized spacial score (nSPS) is 28.8. The fourth-order valence-electron chi connectivity index (χ4n) is 4.44. The molecule has 4 heteroatoms. The number of amides is 1. The van der Waals surface area contributed by atoms with E-state index in [0.717, 1.165) is 23.6 Å². The Hall–Kier alpha value is -1.55.